The molecule has 2 amide bonds. The van der Waals surface area contributed by atoms with E-state index in [0.717, 1.165) is 0 Å². The molecule has 2 aromatic heterocycles. The number of aromatic carboxylic acids is 1. The van der Waals surface area contributed by atoms with E-state index < -0.39 is 12.0 Å². The van der Waals surface area contributed by atoms with Crippen LogP contribution in [-0.2, 0) is 0 Å². The summed E-state index contributed by atoms with van der Waals surface area (Å²) in [5.74, 6) is -1.45. The molecule has 0 radical (unpaired) electrons. The molecule has 0 saturated heterocycles. The summed E-state index contributed by atoms with van der Waals surface area (Å²) in [6.07, 6.45) is 0. The van der Waals surface area contributed by atoms with Crippen molar-refractivity contribution < 1.29 is 19.2 Å². The van der Waals surface area contributed by atoms with Crippen molar-refractivity contribution >= 4 is 34.9 Å². The monoisotopic (exact) mass is 329 g/mol. The summed E-state index contributed by atoms with van der Waals surface area (Å²) in [6, 6.07) is 9.86. The zero-order valence-corrected chi connectivity index (χ0v) is 12.5. The molecule has 3 N–H and O–H groups in total. The molecule has 7 nitrogen and oxygen atoms in total. The quantitative estimate of drug-likeness (QED) is 0.676. The van der Waals surface area contributed by atoms with E-state index in [4.69, 9.17) is 4.52 Å². The predicted octanol–water partition coefficient (Wildman–Crippen LogP) is 3.75. The van der Waals surface area contributed by atoms with E-state index >= 15 is 0 Å². The zero-order valence-electron chi connectivity index (χ0n) is 11.6. The number of carboxylic acids is 1. The van der Waals surface area contributed by atoms with Gasteiger partial charge < -0.3 is 14.9 Å². The Bertz CT molecular complexity index is 828. The first-order valence-electron chi connectivity index (χ1n) is 6.53. The number of carboxylic acid groups (broad SMARTS) is 1. The molecule has 0 spiro atoms. The SMILES string of the molecule is O=C(Nc1ccccc1)Nc1onc(-c2ccsc2)c1C(=O)O. The van der Waals surface area contributed by atoms with Crippen LogP contribution in [0, 0.1) is 0 Å². The van der Waals surface area contributed by atoms with Gasteiger partial charge in [0.05, 0.1) is 0 Å². The Labute approximate surface area is 134 Å². The third-order valence-electron chi connectivity index (χ3n) is 2.96. The molecule has 0 unspecified atom stereocenters. The van der Waals surface area contributed by atoms with Crippen molar-refractivity contribution in [3.8, 4) is 11.3 Å². The molecule has 0 aliphatic heterocycles. The van der Waals surface area contributed by atoms with Crippen molar-refractivity contribution in [2.24, 2.45) is 0 Å². The highest BCUT2D eigenvalue weighted by Gasteiger charge is 2.25. The van der Waals surface area contributed by atoms with E-state index in [1.165, 1.54) is 11.3 Å². The number of hydrogen-bond donors (Lipinski definition) is 3. The fraction of sp³-hybridized carbons (Fsp3) is 0. The Morgan fingerprint density at radius 1 is 1.13 bits per heavy atom. The number of carbonyl (C=O) groups is 2. The number of urea groups is 1. The van der Waals surface area contributed by atoms with E-state index in [1.54, 1.807) is 41.1 Å². The van der Waals surface area contributed by atoms with Gasteiger partial charge in [-0.15, -0.1) is 0 Å². The number of rotatable bonds is 4. The third kappa shape index (κ3) is 3.22. The van der Waals surface area contributed by atoms with Gasteiger partial charge in [-0.25, -0.2) is 9.59 Å². The van der Waals surface area contributed by atoms with Crippen molar-refractivity contribution in [3.63, 3.8) is 0 Å². The molecule has 0 atom stereocenters. The molecule has 8 heteroatoms. The van der Waals surface area contributed by atoms with Crippen LogP contribution in [0.15, 0.2) is 51.7 Å². The highest BCUT2D eigenvalue weighted by molar-refractivity contribution is 7.08. The lowest BCUT2D eigenvalue weighted by molar-refractivity contribution is 0.0698. The Hall–Kier alpha value is -3.13. The van der Waals surface area contributed by atoms with Crippen molar-refractivity contribution in [1.82, 2.24) is 5.16 Å². The van der Waals surface area contributed by atoms with E-state index in [9.17, 15) is 14.7 Å². The topological polar surface area (TPSA) is 104 Å². The fourth-order valence-corrected chi connectivity index (χ4v) is 2.60. The number of hydrogen-bond acceptors (Lipinski definition) is 5. The van der Waals surface area contributed by atoms with Gasteiger partial charge in [0, 0.05) is 16.6 Å². The van der Waals surface area contributed by atoms with Crippen LogP contribution in [0.2, 0.25) is 0 Å². The molecular weight excluding hydrogens is 318 g/mol. The molecule has 1 aromatic carbocycles. The molecule has 3 aromatic rings. The number of carbonyl (C=O) groups excluding carboxylic acids is 1. The molecule has 3 rings (SSSR count). The van der Waals surface area contributed by atoms with Crippen molar-refractivity contribution in [2.75, 3.05) is 10.6 Å². The standard InChI is InChI=1S/C15H11N3O4S/c19-14(20)11-12(9-6-7-23-8-9)18-22-13(11)17-15(21)16-10-4-2-1-3-5-10/h1-8H,(H,19,20)(H2,16,17,21). The molecule has 0 aliphatic carbocycles. The van der Waals surface area contributed by atoms with Gasteiger partial charge in [-0.05, 0) is 23.6 Å². The normalized spacial score (nSPS) is 10.3. The minimum atomic E-state index is -1.23. The first-order chi connectivity index (χ1) is 11.1. The van der Waals surface area contributed by atoms with Gasteiger partial charge in [-0.2, -0.15) is 11.3 Å². The van der Waals surface area contributed by atoms with Gasteiger partial charge in [-0.3, -0.25) is 5.32 Å². The number of nitrogens with one attached hydrogen (secondary N) is 2. The first kappa shape index (κ1) is 14.8. The maximum absolute atomic E-state index is 12.0. The highest BCUT2D eigenvalue weighted by atomic mass is 32.1. The average Bonchev–Trinajstić information content (AvgIpc) is 3.16. The van der Waals surface area contributed by atoms with Crippen LogP contribution in [0.3, 0.4) is 0 Å². The van der Waals surface area contributed by atoms with Crippen molar-refractivity contribution in [3.05, 3.63) is 52.7 Å². The summed E-state index contributed by atoms with van der Waals surface area (Å²) in [5.41, 5.74) is 1.17. The lowest BCUT2D eigenvalue weighted by Crippen LogP contribution is -2.20. The Kier molecular flexibility index (Phi) is 4.07. The zero-order chi connectivity index (χ0) is 16.2. The van der Waals surface area contributed by atoms with Gasteiger partial charge in [0.1, 0.15) is 5.69 Å². The fourth-order valence-electron chi connectivity index (χ4n) is 1.96. The molecule has 116 valence electrons. The lowest BCUT2D eigenvalue weighted by atomic mass is 10.1. The van der Waals surface area contributed by atoms with Crippen LogP contribution < -0.4 is 10.6 Å². The Morgan fingerprint density at radius 2 is 1.91 bits per heavy atom. The molecule has 23 heavy (non-hydrogen) atoms. The number of benzene rings is 1. The summed E-state index contributed by atoms with van der Waals surface area (Å²) >= 11 is 1.41. The van der Waals surface area contributed by atoms with Gasteiger partial charge >= 0.3 is 12.0 Å². The largest absolute Gasteiger partial charge is 0.477 e. The maximum Gasteiger partial charge on any atom is 0.343 e. The minimum Gasteiger partial charge on any atom is -0.477 e. The van der Waals surface area contributed by atoms with Crippen LogP contribution in [0.1, 0.15) is 10.4 Å². The van der Waals surface area contributed by atoms with E-state index in [-0.39, 0.29) is 17.1 Å². The molecule has 2 heterocycles. The van der Waals surface area contributed by atoms with E-state index in [1.807, 2.05) is 6.07 Å². The number of thiophene rings is 1. The third-order valence-corrected chi connectivity index (χ3v) is 3.64. The van der Waals surface area contributed by atoms with Gasteiger partial charge in [-0.1, -0.05) is 23.4 Å². The van der Waals surface area contributed by atoms with Gasteiger partial charge in [0.2, 0.25) is 5.88 Å². The lowest BCUT2D eigenvalue weighted by Gasteiger charge is -2.05. The number of nitrogens with zero attached hydrogens (tertiary/aromatic N) is 1. The molecule has 0 saturated carbocycles. The second kappa shape index (κ2) is 6.32. The summed E-state index contributed by atoms with van der Waals surface area (Å²) in [7, 11) is 0. The maximum atomic E-state index is 12.0. The average molecular weight is 329 g/mol. The van der Waals surface area contributed by atoms with Gasteiger partial charge in [0.15, 0.2) is 5.56 Å². The predicted molar refractivity (Wildman–Crippen MR) is 85.9 cm³/mol. The van der Waals surface area contributed by atoms with Crippen molar-refractivity contribution in [2.45, 2.75) is 0 Å². The number of aromatic nitrogens is 1. The molecule has 0 bridgehead atoms. The molecule has 0 aliphatic rings. The van der Waals surface area contributed by atoms with Crippen LogP contribution in [0.4, 0.5) is 16.4 Å². The molecular formula is C15H11N3O4S. The smallest absolute Gasteiger partial charge is 0.343 e. The number of anilines is 2. The van der Waals surface area contributed by atoms with Crippen LogP contribution in [0.25, 0.3) is 11.3 Å². The molecule has 0 fully saturated rings. The second-order valence-corrected chi connectivity index (χ2v) is 5.28. The first-order valence-corrected chi connectivity index (χ1v) is 7.48. The van der Waals surface area contributed by atoms with Crippen LogP contribution in [-0.4, -0.2) is 22.3 Å². The Morgan fingerprint density at radius 3 is 2.57 bits per heavy atom. The number of amides is 2. The summed E-state index contributed by atoms with van der Waals surface area (Å²) < 4.78 is 4.99. The highest BCUT2D eigenvalue weighted by Crippen LogP contribution is 2.30. The van der Waals surface area contributed by atoms with Crippen LogP contribution >= 0.6 is 11.3 Å². The Balaban J connectivity index is 1.83. The summed E-state index contributed by atoms with van der Waals surface area (Å²) in [4.78, 5) is 23.4. The van der Waals surface area contributed by atoms with Crippen LogP contribution in [0.5, 0.6) is 0 Å². The number of para-hydroxylation sites is 1. The summed E-state index contributed by atoms with van der Waals surface area (Å²) in [5, 5.41) is 21.6. The second-order valence-electron chi connectivity index (χ2n) is 4.50. The summed E-state index contributed by atoms with van der Waals surface area (Å²) in [6.45, 7) is 0. The van der Waals surface area contributed by atoms with E-state index in [0.29, 0.717) is 11.3 Å². The van der Waals surface area contributed by atoms with Gasteiger partial charge in [0.25, 0.3) is 0 Å². The minimum absolute atomic E-state index is 0.175. The van der Waals surface area contributed by atoms with Crippen molar-refractivity contribution in [1.29, 1.82) is 0 Å². The van der Waals surface area contributed by atoms with E-state index in [2.05, 4.69) is 15.8 Å².